The van der Waals surface area contributed by atoms with Crippen molar-refractivity contribution < 1.29 is 9.59 Å². The third-order valence-corrected chi connectivity index (χ3v) is 4.15. The standard InChI is InChI=1S/C21H20N4O2/c1-13-6-4-7-14(2)20(13)25-19-12-22-18(11-23-19)21(27)24-17-9-5-8-16(10-17)15(3)26/h4-12H,1-3H3,(H,23,25)(H,24,27). The lowest BCUT2D eigenvalue weighted by Crippen LogP contribution is -2.14. The quantitative estimate of drug-likeness (QED) is 0.663. The maximum Gasteiger partial charge on any atom is 0.275 e. The van der Waals surface area contributed by atoms with Crippen LogP contribution in [0.25, 0.3) is 0 Å². The van der Waals surface area contributed by atoms with Gasteiger partial charge < -0.3 is 10.6 Å². The van der Waals surface area contributed by atoms with Crippen molar-refractivity contribution in [2.75, 3.05) is 10.6 Å². The molecule has 0 aliphatic rings. The summed E-state index contributed by atoms with van der Waals surface area (Å²) in [7, 11) is 0. The first-order chi connectivity index (χ1) is 12.9. The molecule has 0 unspecified atom stereocenters. The fraction of sp³-hybridized carbons (Fsp3) is 0.143. The highest BCUT2D eigenvalue weighted by Crippen LogP contribution is 2.22. The van der Waals surface area contributed by atoms with E-state index in [2.05, 4.69) is 20.6 Å². The molecule has 2 aromatic carbocycles. The summed E-state index contributed by atoms with van der Waals surface area (Å²) in [6, 6.07) is 12.8. The number of anilines is 3. The Bertz CT molecular complexity index is 977. The zero-order valence-corrected chi connectivity index (χ0v) is 15.4. The van der Waals surface area contributed by atoms with Crippen molar-refractivity contribution in [3.63, 3.8) is 0 Å². The lowest BCUT2D eigenvalue weighted by Gasteiger charge is -2.12. The fourth-order valence-electron chi connectivity index (χ4n) is 2.66. The summed E-state index contributed by atoms with van der Waals surface area (Å²) in [4.78, 5) is 32.3. The summed E-state index contributed by atoms with van der Waals surface area (Å²) in [6.45, 7) is 5.51. The molecule has 1 aromatic heterocycles. The van der Waals surface area contributed by atoms with Crippen molar-refractivity contribution in [1.29, 1.82) is 0 Å². The molecule has 0 bridgehead atoms. The molecule has 0 aliphatic carbocycles. The number of amides is 1. The van der Waals surface area contributed by atoms with E-state index in [9.17, 15) is 9.59 Å². The molecule has 0 aliphatic heterocycles. The van der Waals surface area contributed by atoms with Gasteiger partial charge in [-0.2, -0.15) is 0 Å². The molecule has 3 rings (SSSR count). The van der Waals surface area contributed by atoms with Crippen LogP contribution >= 0.6 is 0 Å². The van der Waals surface area contributed by atoms with Crippen LogP contribution in [-0.4, -0.2) is 21.7 Å². The Morgan fingerprint density at radius 2 is 1.63 bits per heavy atom. The number of hydrogen-bond donors (Lipinski definition) is 2. The molecule has 0 atom stereocenters. The van der Waals surface area contributed by atoms with Gasteiger partial charge >= 0.3 is 0 Å². The summed E-state index contributed by atoms with van der Waals surface area (Å²) >= 11 is 0. The van der Waals surface area contributed by atoms with Gasteiger partial charge in [0.25, 0.3) is 5.91 Å². The van der Waals surface area contributed by atoms with Gasteiger partial charge in [0.2, 0.25) is 0 Å². The summed E-state index contributed by atoms with van der Waals surface area (Å²) in [5.74, 6) is 0.108. The third kappa shape index (κ3) is 4.36. The van der Waals surface area contributed by atoms with Crippen LogP contribution in [0.5, 0.6) is 0 Å². The number of aromatic nitrogens is 2. The largest absolute Gasteiger partial charge is 0.339 e. The molecular weight excluding hydrogens is 340 g/mol. The van der Waals surface area contributed by atoms with Crippen molar-refractivity contribution in [2.45, 2.75) is 20.8 Å². The Morgan fingerprint density at radius 1 is 0.926 bits per heavy atom. The van der Waals surface area contributed by atoms with Crippen LogP contribution in [0.2, 0.25) is 0 Å². The minimum atomic E-state index is -0.387. The van der Waals surface area contributed by atoms with E-state index in [-0.39, 0.29) is 17.4 Å². The van der Waals surface area contributed by atoms with Gasteiger partial charge in [0.05, 0.1) is 12.4 Å². The van der Waals surface area contributed by atoms with Crippen LogP contribution < -0.4 is 10.6 Å². The molecule has 0 saturated carbocycles. The van der Waals surface area contributed by atoms with Gasteiger partial charge in [-0.1, -0.05) is 30.3 Å². The predicted octanol–water partition coefficient (Wildman–Crippen LogP) is 4.29. The highest BCUT2D eigenvalue weighted by atomic mass is 16.2. The maximum atomic E-state index is 12.4. The number of carbonyl (C=O) groups is 2. The lowest BCUT2D eigenvalue weighted by molar-refractivity contribution is 0.100. The topological polar surface area (TPSA) is 84.0 Å². The van der Waals surface area contributed by atoms with Crippen LogP contribution in [-0.2, 0) is 0 Å². The van der Waals surface area contributed by atoms with Crippen molar-refractivity contribution in [1.82, 2.24) is 9.97 Å². The van der Waals surface area contributed by atoms with E-state index in [4.69, 9.17) is 0 Å². The van der Waals surface area contributed by atoms with E-state index in [1.54, 1.807) is 24.3 Å². The maximum absolute atomic E-state index is 12.4. The average molecular weight is 360 g/mol. The van der Waals surface area contributed by atoms with E-state index in [1.807, 2.05) is 32.0 Å². The first-order valence-electron chi connectivity index (χ1n) is 8.51. The number of hydrogen-bond acceptors (Lipinski definition) is 5. The Balaban J connectivity index is 1.72. The van der Waals surface area contributed by atoms with Crippen LogP contribution in [0.1, 0.15) is 38.9 Å². The number of nitrogens with zero attached hydrogens (tertiary/aromatic N) is 2. The molecule has 136 valence electrons. The molecule has 3 aromatic rings. The number of rotatable bonds is 5. The molecule has 0 saturated heterocycles. The first-order valence-corrected chi connectivity index (χ1v) is 8.51. The number of benzene rings is 2. The molecule has 6 nitrogen and oxygen atoms in total. The smallest absolute Gasteiger partial charge is 0.275 e. The molecule has 0 radical (unpaired) electrons. The van der Waals surface area contributed by atoms with E-state index < -0.39 is 0 Å². The van der Waals surface area contributed by atoms with E-state index in [1.165, 1.54) is 19.3 Å². The lowest BCUT2D eigenvalue weighted by atomic mass is 10.1. The van der Waals surface area contributed by atoms with Gasteiger partial charge in [-0.15, -0.1) is 0 Å². The van der Waals surface area contributed by atoms with Crippen molar-refractivity contribution in [2.24, 2.45) is 0 Å². The number of carbonyl (C=O) groups excluding carboxylic acids is 2. The molecule has 0 fully saturated rings. The summed E-state index contributed by atoms with van der Waals surface area (Å²) in [5.41, 5.74) is 4.44. The minimum absolute atomic E-state index is 0.0622. The zero-order valence-electron chi connectivity index (χ0n) is 15.4. The molecular formula is C21H20N4O2. The SMILES string of the molecule is CC(=O)c1cccc(NC(=O)c2cnc(Nc3c(C)cccc3C)cn2)c1. The van der Waals surface area contributed by atoms with Gasteiger partial charge in [0, 0.05) is 16.9 Å². The first kappa shape index (κ1) is 18.3. The second kappa shape index (κ2) is 7.78. The Kier molecular flexibility index (Phi) is 5.26. The van der Waals surface area contributed by atoms with Crippen LogP contribution in [0.4, 0.5) is 17.2 Å². The number of Topliss-reactive ketones (excluding diaryl/α,β-unsaturated/α-hetero) is 1. The van der Waals surface area contributed by atoms with Crippen LogP contribution in [0, 0.1) is 13.8 Å². The molecule has 0 spiro atoms. The number of aryl methyl sites for hydroxylation is 2. The normalized spacial score (nSPS) is 10.3. The van der Waals surface area contributed by atoms with Gasteiger partial charge in [-0.05, 0) is 44.0 Å². The van der Waals surface area contributed by atoms with Gasteiger partial charge in [-0.3, -0.25) is 9.59 Å². The second-order valence-corrected chi connectivity index (χ2v) is 6.27. The van der Waals surface area contributed by atoms with Crippen molar-refractivity contribution in [3.8, 4) is 0 Å². The summed E-state index contributed by atoms with van der Waals surface area (Å²) in [6.07, 6.45) is 2.94. The number of para-hydroxylation sites is 1. The molecule has 6 heteroatoms. The van der Waals surface area contributed by atoms with Crippen LogP contribution in [0.3, 0.4) is 0 Å². The van der Waals surface area contributed by atoms with Gasteiger partial charge in [0.1, 0.15) is 11.5 Å². The summed E-state index contributed by atoms with van der Waals surface area (Å²) in [5, 5.41) is 5.96. The van der Waals surface area contributed by atoms with E-state index in [0.717, 1.165) is 16.8 Å². The van der Waals surface area contributed by atoms with E-state index in [0.29, 0.717) is 17.1 Å². The highest BCUT2D eigenvalue weighted by Gasteiger charge is 2.10. The number of ketones is 1. The van der Waals surface area contributed by atoms with Crippen LogP contribution in [0.15, 0.2) is 54.9 Å². The van der Waals surface area contributed by atoms with Crippen molar-refractivity contribution >= 4 is 28.9 Å². The second-order valence-electron chi connectivity index (χ2n) is 6.27. The minimum Gasteiger partial charge on any atom is -0.339 e. The van der Waals surface area contributed by atoms with E-state index >= 15 is 0 Å². The molecule has 1 heterocycles. The monoisotopic (exact) mass is 360 g/mol. The molecule has 1 amide bonds. The fourth-order valence-corrected chi connectivity index (χ4v) is 2.66. The Labute approximate surface area is 157 Å². The molecule has 2 N–H and O–H groups in total. The molecule has 27 heavy (non-hydrogen) atoms. The Morgan fingerprint density at radius 3 is 2.26 bits per heavy atom. The number of nitrogens with one attached hydrogen (secondary N) is 2. The van der Waals surface area contributed by atoms with Gasteiger partial charge in [-0.25, -0.2) is 9.97 Å². The zero-order chi connectivity index (χ0) is 19.4. The van der Waals surface area contributed by atoms with Crippen molar-refractivity contribution in [3.05, 3.63) is 77.2 Å². The Hall–Kier alpha value is -3.54. The predicted molar refractivity (Wildman–Crippen MR) is 106 cm³/mol. The average Bonchev–Trinajstić information content (AvgIpc) is 2.65. The van der Waals surface area contributed by atoms with Gasteiger partial charge in [0.15, 0.2) is 5.78 Å². The summed E-state index contributed by atoms with van der Waals surface area (Å²) < 4.78 is 0. The highest BCUT2D eigenvalue weighted by molar-refractivity contribution is 6.03. The third-order valence-electron chi connectivity index (χ3n) is 4.15.